The Morgan fingerprint density at radius 1 is 0.868 bits per heavy atom. The second-order valence-corrected chi connectivity index (χ2v) is 13.6. The lowest BCUT2D eigenvalue weighted by Crippen LogP contribution is -2.39. The maximum atomic E-state index is 13.7. The Morgan fingerprint density at radius 3 is 2.18 bits per heavy atom. The first-order valence-electron chi connectivity index (χ1n) is 12.7. The zero-order valence-corrected chi connectivity index (χ0v) is 23.2. The lowest BCUT2D eigenvalue weighted by molar-refractivity contribution is 0.252. The summed E-state index contributed by atoms with van der Waals surface area (Å²) in [4.78, 5) is 3.74. The predicted octanol–water partition coefficient (Wildman–Crippen LogP) is 4.99. The summed E-state index contributed by atoms with van der Waals surface area (Å²) in [7, 11) is -7.86. The van der Waals surface area contributed by atoms with Crippen LogP contribution in [0.2, 0.25) is 0 Å². The Hall–Kier alpha value is -2.98. The molecule has 5 rings (SSSR count). The van der Waals surface area contributed by atoms with E-state index >= 15 is 0 Å². The van der Waals surface area contributed by atoms with Gasteiger partial charge in [-0.05, 0) is 74.9 Å². The molecule has 0 saturated heterocycles. The summed E-state index contributed by atoms with van der Waals surface area (Å²) < 4.78 is 59.5. The molecule has 0 aliphatic heterocycles. The number of hydrogen-bond acceptors (Lipinski definition) is 5. The molecule has 0 bridgehead atoms. The molecule has 1 N–H and O–H groups in total. The van der Waals surface area contributed by atoms with Crippen LogP contribution in [0.15, 0.2) is 82.6 Å². The molecule has 9 heteroatoms. The molecular formula is C29H32N2O5S2. The van der Waals surface area contributed by atoms with Crippen LogP contribution in [0.1, 0.15) is 28.8 Å². The molecule has 7 nitrogen and oxygen atoms in total. The van der Waals surface area contributed by atoms with E-state index in [1.54, 1.807) is 36.4 Å². The van der Waals surface area contributed by atoms with E-state index in [0.717, 1.165) is 35.9 Å². The first-order chi connectivity index (χ1) is 18.1. The first kappa shape index (κ1) is 26.6. The van der Waals surface area contributed by atoms with Gasteiger partial charge in [0.2, 0.25) is 10.0 Å². The van der Waals surface area contributed by atoms with Gasteiger partial charge in [-0.1, -0.05) is 53.6 Å². The summed E-state index contributed by atoms with van der Waals surface area (Å²) in [5.74, 6) is 0.0932. The summed E-state index contributed by atoms with van der Waals surface area (Å²) >= 11 is 0. The largest absolute Gasteiger partial charge is 0.358 e. The highest BCUT2D eigenvalue weighted by molar-refractivity contribution is 7.89. The third-order valence-corrected chi connectivity index (χ3v) is 10.4. The lowest BCUT2D eigenvalue weighted by atomic mass is 9.86. The number of H-pyrrole nitrogens is 1. The van der Waals surface area contributed by atoms with Crippen molar-refractivity contribution < 1.29 is 21.0 Å². The minimum Gasteiger partial charge on any atom is -0.358 e. The van der Waals surface area contributed by atoms with Gasteiger partial charge in [0.25, 0.3) is 10.1 Å². The maximum absolute atomic E-state index is 13.7. The van der Waals surface area contributed by atoms with Crippen LogP contribution in [0.4, 0.5) is 0 Å². The average molecular weight is 553 g/mol. The molecule has 1 atom stereocenters. The normalized spacial score (nSPS) is 16.1. The molecule has 38 heavy (non-hydrogen) atoms. The number of aryl methyl sites for hydroxylation is 3. The van der Waals surface area contributed by atoms with Gasteiger partial charge < -0.3 is 4.98 Å². The number of nitrogens with one attached hydrogen (secondary N) is 1. The standard InChI is InChI=1S/C29H32N2O5S2/c1-21-7-12-24(13-8-21)37(32,33)31(17-18-36-38(34,35)25-14-9-22(2)10-15-25)20-23-11-16-29-27(19-23)26-5-3-4-6-28(26)30-29/h3-10,12-15,23,30H,11,16-20H2,1-2H3/t23-/m0/s1. The predicted molar refractivity (Wildman–Crippen MR) is 148 cm³/mol. The lowest BCUT2D eigenvalue weighted by Gasteiger charge is -2.29. The fraction of sp³-hybridized carbons (Fsp3) is 0.310. The van der Waals surface area contributed by atoms with Gasteiger partial charge in [0, 0.05) is 29.7 Å². The number of benzene rings is 3. The molecule has 0 fully saturated rings. The Kier molecular flexibility index (Phi) is 7.46. The topological polar surface area (TPSA) is 96.5 Å². The molecule has 1 aliphatic carbocycles. The summed E-state index contributed by atoms with van der Waals surface area (Å²) in [5.41, 5.74) is 5.44. The molecule has 1 aliphatic rings. The summed E-state index contributed by atoms with van der Waals surface area (Å²) in [6, 6.07) is 21.3. The van der Waals surface area contributed by atoms with Gasteiger partial charge in [-0.25, -0.2) is 8.42 Å². The average Bonchev–Trinajstić information content (AvgIpc) is 3.26. The number of nitrogens with zero attached hydrogens (tertiary/aromatic N) is 1. The molecule has 4 aromatic rings. The van der Waals surface area contributed by atoms with E-state index < -0.39 is 20.1 Å². The Morgan fingerprint density at radius 2 is 1.50 bits per heavy atom. The fourth-order valence-electron chi connectivity index (χ4n) is 5.08. The highest BCUT2D eigenvalue weighted by atomic mass is 32.2. The van der Waals surface area contributed by atoms with Gasteiger partial charge in [-0.3, -0.25) is 4.18 Å². The second-order valence-electron chi connectivity index (χ2n) is 10.0. The van der Waals surface area contributed by atoms with E-state index in [2.05, 4.69) is 17.1 Å². The minimum atomic E-state index is -4.00. The van der Waals surface area contributed by atoms with Crippen LogP contribution in [0, 0.1) is 19.8 Å². The van der Waals surface area contributed by atoms with Crippen LogP contribution in [0.3, 0.4) is 0 Å². The van der Waals surface area contributed by atoms with Crippen molar-refractivity contribution in [2.45, 2.75) is 42.9 Å². The number of sulfonamides is 1. The van der Waals surface area contributed by atoms with E-state index in [1.165, 1.54) is 33.1 Å². The fourth-order valence-corrected chi connectivity index (χ4v) is 7.48. The number of para-hydroxylation sites is 1. The summed E-state index contributed by atoms with van der Waals surface area (Å²) in [5, 5.41) is 1.17. The van der Waals surface area contributed by atoms with Crippen molar-refractivity contribution >= 4 is 31.0 Å². The van der Waals surface area contributed by atoms with Gasteiger partial charge >= 0.3 is 0 Å². The van der Waals surface area contributed by atoms with E-state index in [9.17, 15) is 16.8 Å². The van der Waals surface area contributed by atoms with E-state index in [-0.39, 0.29) is 35.4 Å². The molecule has 3 aromatic carbocycles. The molecule has 1 heterocycles. The number of aromatic nitrogens is 1. The maximum Gasteiger partial charge on any atom is 0.297 e. The molecule has 200 valence electrons. The number of aromatic amines is 1. The van der Waals surface area contributed by atoms with Crippen molar-refractivity contribution in [1.29, 1.82) is 0 Å². The quantitative estimate of drug-likeness (QED) is 0.295. The van der Waals surface area contributed by atoms with Crippen LogP contribution < -0.4 is 0 Å². The van der Waals surface area contributed by atoms with Gasteiger partial charge in [0.1, 0.15) is 0 Å². The molecule has 0 saturated carbocycles. The Balaban J connectivity index is 1.36. The zero-order chi connectivity index (χ0) is 26.9. The highest BCUT2D eigenvalue weighted by Gasteiger charge is 2.31. The molecule has 0 spiro atoms. The Bertz CT molecular complexity index is 1640. The zero-order valence-electron chi connectivity index (χ0n) is 21.6. The Labute approximate surface area is 224 Å². The van der Waals surface area contributed by atoms with Crippen molar-refractivity contribution in [2.24, 2.45) is 5.92 Å². The van der Waals surface area contributed by atoms with Crippen LogP contribution in [0.5, 0.6) is 0 Å². The van der Waals surface area contributed by atoms with Crippen molar-refractivity contribution in [3.05, 3.63) is 95.2 Å². The summed E-state index contributed by atoms with van der Waals surface area (Å²) in [6.07, 6.45) is 2.43. The second kappa shape index (κ2) is 10.6. The first-order valence-corrected chi connectivity index (χ1v) is 15.6. The molecular weight excluding hydrogens is 520 g/mol. The van der Waals surface area contributed by atoms with Crippen molar-refractivity contribution in [3.63, 3.8) is 0 Å². The van der Waals surface area contributed by atoms with Crippen LogP contribution in [-0.2, 0) is 37.2 Å². The highest BCUT2D eigenvalue weighted by Crippen LogP contribution is 2.33. The van der Waals surface area contributed by atoms with Crippen molar-refractivity contribution in [2.75, 3.05) is 19.7 Å². The third-order valence-electron chi connectivity index (χ3n) is 7.21. The third kappa shape index (κ3) is 5.56. The number of rotatable bonds is 9. The van der Waals surface area contributed by atoms with Crippen LogP contribution in [0.25, 0.3) is 10.9 Å². The smallest absolute Gasteiger partial charge is 0.297 e. The van der Waals surface area contributed by atoms with Crippen LogP contribution in [-0.4, -0.2) is 45.8 Å². The molecule has 0 radical (unpaired) electrons. The minimum absolute atomic E-state index is 0.0511. The van der Waals surface area contributed by atoms with Crippen molar-refractivity contribution in [3.8, 4) is 0 Å². The van der Waals surface area contributed by atoms with E-state index in [4.69, 9.17) is 4.18 Å². The van der Waals surface area contributed by atoms with Crippen molar-refractivity contribution in [1.82, 2.24) is 9.29 Å². The van der Waals surface area contributed by atoms with Gasteiger partial charge in [0.05, 0.1) is 16.4 Å². The SMILES string of the molecule is Cc1ccc(S(=O)(=O)OCCN(C[C@H]2CCc3[nH]c4ccccc4c3C2)S(=O)(=O)c2ccc(C)cc2)cc1. The molecule has 0 unspecified atom stereocenters. The molecule has 0 amide bonds. The van der Waals surface area contributed by atoms with E-state index in [1.807, 2.05) is 26.0 Å². The van der Waals surface area contributed by atoms with Crippen LogP contribution >= 0.6 is 0 Å². The van der Waals surface area contributed by atoms with E-state index in [0.29, 0.717) is 0 Å². The summed E-state index contributed by atoms with van der Waals surface area (Å²) in [6.45, 7) is 3.71. The number of fused-ring (bicyclic) bond motifs is 3. The number of hydrogen-bond donors (Lipinski definition) is 1. The monoisotopic (exact) mass is 552 g/mol. The molecule has 1 aromatic heterocycles. The van der Waals surface area contributed by atoms with Gasteiger partial charge in [0.15, 0.2) is 0 Å². The van der Waals surface area contributed by atoms with Gasteiger partial charge in [-0.2, -0.15) is 12.7 Å². The van der Waals surface area contributed by atoms with Gasteiger partial charge in [-0.15, -0.1) is 0 Å².